The molecule has 2 nitrogen and oxygen atoms in total. The van der Waals surface area contributed by atoms with Crippen molar-refractivity contribution in [3.8, 4) is 16.8 Å². The van der Waals surface area contributed by atoms with Gasteiger partial charge in [0.1, 0.15) is 4.67 Å². The van der Waals surface area contributed by atoms with Crippen LogP contribution in [0.2, 0.25) is 0 Å². The van der Waals surface area contributed by atoms with Crippen LogP contribution in [0.4, 0.5) is 0 Å². The lowest BCUT2D eigenvalue weighted by atomic mass is 10.1. The van der Waals surface area contributed by atoms with E-state index in [0.717, 1.165) is 4.67 Å². The topological polar surface area (TPSA) is 17.3 Å². The molecule has 0 saturated carbocycles. The third kappa shape index (κ3) is 3.45. The first-order valence-electron chi connectivity index (χ1n) is 7.85. The first-order chi connectivity index (χ1) is 11.0. The number of nitrogens with zero attached hydrogens (tertiary/aromatic N) is 2. The summed E-state index contributed by atoms with van der Waals surface area (Å²) >= 11 is 1.71. The van der Waals surface area contributed by atoms with Crippen LogP contribution in [0.1, 0.15) is 26.5 Å². The zero-order chi connectivity index (χ0) is 16.4. The van der Waals surface area contributed by atoms with Gasteiger partial charge in [0.15, 0.2) is 0 Å². The minimum Gasteiger partial charge on any atom is -0.268 e. The second-order valence-corrected chi connectivity index (χ2v) is 7.57. The van der Waals surface area contributed by atoms with E-state index in [4.69, 9.17) is 4.99 Å². The van der Waals surface area contributed by atoms with E-state index in [1.165, 1.54) is 22.5 Å². The number of para-hydroxylation sites is 1. The fourth-order valence-corrected chi connectivity index (χ4v) is 3.88. The monoisotopic (exact) mass is 322 g/mol. The van der Waals surface area contributed by atoms with E-state index in [1.54, 1.807) is 11.5 Å². The van der Waals surface area contributed by atoms with Gasteiger partial charge in [-0.05, 0) is 56.9 Å². The van der Waals surface area contributed by atoms with Crippen LogP contribution < -0.4 is 4.67 Å². The normalized spacial score (nSPS) is 12.6. The Labute approximate surface area is 141 Å². The molecule has 3 aromatic rings. The van der Waals surface area contributed by atoms with Crippen molar-refractivity contribution in [3.63, 3.8) is 0 Å². The molecule has 0 saturated heterocycles. The van der Waals surface area contributed by atoms with Crippen molar-refractivity contribution in [1.29, 1.82) is 0 Å². The smallest absolute Gasteiger partial charge is 0.137 e. The van der Waals surface area contributed by atoms with Gasteiger partial charge in [-0.15, -0.1) is 0 Å². The summed E-state index contributed by atoms with van der Waals surface area (Å²) in [5.74, 6) is 0. The molecule has 0 fully saturated rings. The first kappa shape index (κ1) is 15.8. The van der Waals surface area contributed by atoms with Gasteiger partial charge >= 0.3 is 0 Å². The highest BCUT2D eigenvalue weighted by Gasteiger charge is 2.16. The highest BCUT2D eigenvalue weighted by atomic mass is 32.1. The average Bonchev–Trinajstić information content (AvgIpc) is 2.83. The fourth-order valence-electron chi connectivity index (χ4n) is 2.58. The zero-order valence-corrected chi connectivity index (χ0v) is 14.9. The standard InChI is InChI=1S/C20H22N2S/c1-15-18(16-11-7-5-8-12-16)19(21-20(2,3)4)23-22(15)17-13-9-6-10-14-17/h5-14H,1-4H3. The SMILES string of the molecule is Cc1c(-c2ccccc2)c(=NC(C)(C)C)sn1-c1ccccc1. The molecule has 1 heterocycles. The predicted molar refractivity (Wildman–Crippen MR) is 99.1 cm³/mol. The average molecular weight is 322 g/mol. The molecule has 0 atom stereocenters. The second kappa shape index (κ2) is 6.17. The van der Waals surface area contributed by atoms with Gasteiger partial charge < -0.3 is 0 Å². The van der Waals surface area contributed by atoms with Crippen LogP contribution in [0.15, 0.2) is 65.7 Å². The Bertz CT molecular complexity index is 850. The molecule has 0 bridgehead atoms. The Kier molecular flexibility index (Phi) is 4.22. The van der Waals surface area contributed by atoms with Crippen LogP contribution in [-0.4, -0.2) is 9.50 Å². The highest BCUT2D eigenvalue weighted by molar-refractivity contribution is 7.04. The summed E-state index contributed by atoms with van der Waals surface area (Å²) in [4.78, 5) is 4.97. The molecule has 0 aliphatic rings. The van der Waals surface area contributed by atoms with Gasteiger partial charge in [0.25, 0.3) is 0 Å². The van der Waals surface area contributed by atoms with E-state index in [-0.39, 0.29) is 5.54 Å². The van der Waals surface area contributed by atoms with Crippen LogP contribution in [0, 0.1) is 6.92 Å². The maximum atomic E-state index is 4.97. The van der Waals surface area contributed by atoms with Crippen molar-refractivity contribution >= 4 is 11.5 Å². The molecule has 0 N–H and O–H groups in total. The van der Waals surface area contributed by atoms with Crippen LogP contribution in [0.3, 0.4) is 0 Å². The Balaban J connectivity index is 2.29. The third-order valence-corrected chi connectivity index (χ3v) is 4.68. The Morgan fingerprint density at radius 3 is 2.00 bits per heavy atom. The molecular formula is C20H22N2S. The molecule has 0 aliphatic heterocycles. The molecule has 3 heteroatoms. The van der Waals surface area contributed by atoms with E-state index in [9.17, 15) is 0 Å². The van der Waals surface area contributed by atoms with Gasteiger partial charge in [-0.3, -0.25) is 8.95 Å². The molecule has 1 aromatic heterocycles. The van der Waals surface area contributed by atoms with Crippen molar-refractivity contribution in [1.82, 2.24) is 3.96 Å². The number of hydrogen-bond donors (Lipinski definition) is 0. The minimum absolute atomic E-state index is 0.102. The Morgan fingerprint density at radius 1 is 0.870 bits per heavy atom. The summed E-state index contributed by atoms with van der Waals surface area (Å²) in [5.41, 5.74) is 4.77. The van der Waals surface area contributed by atoms with Gasteiger partial charge in [-0.1, -0.05) is 48.5 Å². The maximum Gasteiger partial charge on any atom is 0.137 e. The number of hydrogen-bond acceptors (Lipinski definition) is 2. The predicted octanol–water partition coefficient (Wildman–Crippen LogP) is 5.21. The second-order valence-electron chi connectivity index (χ2n) is 6.64. The summed E-state index contributed by atoms with van der Waals surface area (Å²) in [6.45, 7) is 8.60. The van der Waals surface area contributed by atoms with E-state index in [2.05, 4.69) is 86.2 Å². The van der Waals surface area contributed by atoms with Crippen molar-refractivity contribution in [3.05, 3.63) is 71.0 Å². The van der Waals surface area contributed by atoms with Gasteiger partial charge in [0.2, 0.25) is 0 Å². The summed E-state index contributed by atoms with van der Waals surface area (Å²) in [6, 6.07) is 21.0. The largest absolute Gasteiger partial charge is 0.268 e. The lowest BCUT2D eigenvalue weighted by Crippen LogP contribution is -2.15. The van der Waals surface area contributed by atoms with E-state index in [1.807, 2.05) is 6.07 Å². The summed E-state index contributed by atoms with van der Waals surface area (Å²) in [6.07, 6.45) is 0. The summed E-state index contributed by atoms with van der Waals surface area (Å²) in [7, 11) is 0. The zero-order valence-electron chi connectivity index (χ0n) is 14.1. The lowest BCUT2D eigenvalue weighted by Gasteiger charge is -2.10. The maximum absolute atomic E-state index is 4.97. The number of benzene rings is 2. The molecule has 0 spiro atoms. The van der Waals surface area contributed by atoms with Crippen molar-refractivity contribution < 1.29 is 0 Å². The van der Waals surface area contributed by atoms with E-state index in [0.29, 0.717) is 0 Å². The molecule has 2 aromatic carbocycles. The molecule has 0 radical (unpaired) electrons. The van der Waals surface area contributed by atoms with E-state index < -0.39 is 0 Å². The number of aromatic nitrogens is 1. The van der Waals surface area contributed by atoms with Crippen LogP contribution in [-0.2, 0) is 0 Å². The van der Waals surface area contributed by atoms with Gasteiger partial charge in [-0.2, -0.15) is 0 Å². The quantitative estimate of drug-likeness (QED) is 0.616. The van der Waals surface area contributed by atoms with Crippen LogP contribution >= 0.6 is 11.5 Å². The molecule has 0 amide bonds. The first-order valence-corrected chi connectivity index (χ1v) is 8.63. The Morgan fingerprint density at radius 2 is 1.43 bits per heavy atom. The molecule has 118 valence electrons. The molecule has 0 aliphatic carbocycles. The van der Waals surface area contributed by atoms with Gasteiger partial charge in [-0.25, -0.2) is 0 Å². The minimum atomic E-state index is -0.102. The summed E-state index contributed by atoms with van der Waals surface area (Å²) in [5, 5.41) is 0. The van der Waals surface area contributed by atoms with Crippen LogP contribution in [0.5, 0.6) is 0 Å². The molecule has 23 heavy (non-hydrogen) atoms. The third-order valence-electron chi connectivity index (χ3n) is 3.55. The lowest BCUT2D eigenvalue weighted by molar-refractivity contribution is 0.570. The van der Waals surface area contributed by atoms with Crippen molar-refractivity contribution in [2.75, 3.05) is 0 Å². The fraction of sp³-hybridized carbons (Fsp3) is 0.250. The number of rotatable bonds is 2. The van der Waals surface area contributed by atoms with Crippen molar-refractivity contribution in [2.24, 2.45) is 4.99 Å². The highest BCUT2D eigenvalue weighted by Crippen LogP contribution is 2.26. The van der Waals surface area contributed by atoms with Gasteiger partial charge in [0.05, 0.1) is 11.2 Å². The van der Waals surface area contributed by atoms with Crippen LogP contribution in [0.25, 0.3) is 16.8 Å². The van der Waals surface area contributed by atoms with Gasteiger partial charge in [0, 0.05) is 11.3 Å². The van der Waals surface area contributed by atoms with E-state index >= 15 is 0 Å². The molecule has 3 rings (SSSR count). The molecule has 0 unspecified atom stereocenters. The summed E-state index contributed by atoms with van der Waals surface area (Å²) < 4.78 is 3.36. The Hall–Kier alpha value is -2.13. The molecular weight excluding hydrogens is 300 g/mol. The van der Waals surface area contributed by atoms with Crippen molar-refractivity contribution in [2.45, 2.75) is 33.2 Å².